The first kappa shape index (κ1) is 27.2. The van der Waals surface area contributed by atoms with Gasteiger partial charge >= 0.3 is 6.18 Å². The number of hydrogen-bond acceptors (Lipinski definition) is 5. The van der Waals surface area contributed by atoms with Crippen LogP contribution in [0, 0.1) is 5.82 Å². The maximum absolute atomic E-state index is 13.2. The van der Waals surface area contributed by atoms with Crippen LogP contribution in [0.5, 0.6) is 11.5 Å². The van der Waals surface area contributed by atoms with Gasteiger partial charge in [-0.1, -0.05) is 42.2 Å². The highest BCUT2D eigenvalue weighted by Gasteiger charge is 2.36. The van der Waals surface area contributed by atoms with Gasteiger partial charge in [0.15, 0.2) is 15.8 Å². The largest absolute Gasteiger partial charge is 0.490 e. The number of hydrogen-bond donors (Lipinski definition) is 0. The Labute approximate surface area is 228 Å². The van der Waals surface area contributed by atoms with E-state index in [0.29, 0.717) is 28.1 Å². The van der Waals surface area contributed by atoms with Crippen molar-refractivity contribution in [3.8, 4) is 11.5 Å². The number of thioether (sulfide) groups is 1. The molecule has 0 N–H and O–H groups in total. The summed E-state index contributed by atoms with van der Waals surface area (Å²) in [5, 5.41) is 0. The first-order valence-electron chi connectivity index (χ1n) is 10.9. The zero-order chi connectivity index (χ0) is 26.7. The van der Waals surface area contributed by atoms with Crippen molar-refractivity contribution in [3.05, 3.63) is 92.5 Å². The highest BCUT2D eigenvalue weighted by molar-refractivity contribution is 9.10. The fourth-order valence-corrected chi connectivity index (χ4v) is 5.35. The van der Waals surface area contributed by atoms with Crippen LogP contribution in [0.3, 0.4) is 0 Å². The zero-order valence-electron chi connectivity index (χ0n) is 19.1. The van der Waals surface area contributed by atoms with E-state index in [9.17, 15) is 22.4 Å². The number of nitrogens with zero attached hydrogens (tertiary/aromatic N) is 1. The standard InChI is InChI=1S/C26H18BrF4NO3S2/c1-2-34-21-11-16(10-20(27)23(21)35-14-15-6-8-18(28)9-7-15)12-22-24(33)32(25(36)37-22)19-5-3-4-17(13-19)26(29,30)31/h3-13H,2,14H2,1H3/b22-12+. The minimum Gasteiger partial charge on any atom is -0.490 e. The van der Waals surface area contributed by atoms with Crippen molar-refractivity contribution in [1.29, 1.82) is 0 Å². The lowest BCUT2D eigenvalue weighted by Crippen LogP contribution is -2.27. The van der Waals surface area contributed by atoms with Gasteiger partial charge in [-0.05, 0) is 82.5 Å². The number of thiocarbonyl (C=S) groups is 1. The first-order valence-corrected chi connectivity index (χ1v) is 12.9. The van der Waals surface area contributed by atoms with E-state index in [4.69, 9.17) is 21.7 Å². The van der Waals surface area contributed by atoms with Crippen molar-refractivity contribution >= 4 is 61.9 Å². The van der Waals surface area contributed by atoms with E-state index in [2.05, 4.69) is 15.9 Å². The summed E-state index contributed by atoms with van der Waals surface area (Å²) < 4.78 is 65.0. The van der Waals surface area contributed by atoms with E-state index >= 15 is 0 Å². The fraction of sp³-hybridized carbons (Fsp3) is 0.154. The molecule has 0 aromatic heterocycles. The predicted octanol–water partition coefficient (Wildman–Crippen LogP) is 7.99. The molecule has 4 nitrogen and oxygen atoms in total. The normalized spacial score (nSPS) is 15.0. The Balaban J connectivity index is 1.60. The molecule has 11 heteroatoms. The number of carbonyl (C=O) groups excluding carboxylic acids is 1. The molecule has 0 bridgehead atoms. The summed E-state index contributed by atoms with van der Waals surface area (Å²) in [7, 11) is 0. The van der Waals surface area contributed by atoms with E-state index in [0.717, 1.165) is 34.4 Å². The Morgan fingerprint density at radius 3 is 2.49 bits per heavy atom. The molecule has 3 aromatic carbocycles. The van der Waals surface area contributed by atoms with Gasteiger partial charge in [0.25, 0.3) is 5.91 Å². The number of carbonyl (C=O) groups is 1. The third-order valence-corrected chi connectivity index (χ3v) is 7.04. The van der Waals surface area contributed by atoms with E-state index in [1.165, 1.54) is 24.3 Å². The van der Waals surface area contributed by atoms with Gasteiger partial charge < -0.3 is 9.47 Å². The van der Waals surface area contributed by atoms with Crippen molar-refractivity contribution in [3.63, 3.8) is 0 Å². The van der Waals surface area contributed by atoms with Gasteiger partial charge in [0.1, 0.15) is 12.4 Å². The molecular weight excluding hydrogens is 594 g/mol. The number of amides is 1. The second kappa shape index (κ2) is 11.2. The quantitative estimate of drug-likeness (QED) is 0.154. The van der Waals surface area contributed by atoms with Crippen LogP contribution in [0.4, 0.5) is 23.2 Å². The third-order valence-electron chi connectivity index (χ3n) is 5.15. The van der Waals surface area contributed by atoms with Gasteiger partial charge in [-0.3, -0.25) is 9.69 Å². The SMILES string of the molecule is CCOc1cc(/C=C2/SC(=S)N(c3cccc(C(F)(F)F)c3)C2=O)cc(Br)c1OCc1ccc(F)cc1. The van der Waals surface area contributed by atoms with Gasteiger partial charge in [-0.25, -0.2) is 4.39 Å². The number of benzene rings is 3. The van der Waals surface area contributed by atoms with Crippen molar-refractivity contribution in [1.82, 2.24) is 0 Å². The Morgan fingerprint density at radius 2 is 1.81 bits per heavy atom. The molecule has 37 heavy (non-hydrogen) atoms. The molecular formula is C26H18BrF4NO3S2. The molecule has 4 rings (SSSR count). The Morgan fingerprint density at radius 1 is 1.08 bits per heavy atom. The van der Waals surface area contributed by atoms with Crippen LogP contribution in [0.2, 0.25) is 0 Å². The molecule has 1 heterocycles. The van der Waals surface area contributed by atoms with E-state index in [-0.39, 0.29) is 27.3 Å². The molecule has 192 valence electrons. The molecule has 0 radical (unpaired) electrons. The summed E-state index contributed by atoms with van der Waals surface area (Å²) in [5.74, 6) is -0.0266. The average molecular weight is 612 g/mol. The minimum absolute atomic E-state index is 0.0430. The Hall–Kier alpha value is -2.89. The van der Waals surface area contributed by atoms with Crippen LogP contribution in [-0.4, -0.2) is 16.8 Å². The van der Waals surface area contributed by atoms with Gasteiger partial charge in [0.05, 0.1) is 27.2 Å². The number of anilines is 1. The second-order valence-corrected chi connectivity index (χ2v) is 10.3. The molecule has 1 amide bonds. The van der Waals surface area contributed by atoms with Crippen LogP contribution in [0.1, 0.15) is 23.6 Å². The average Bonchev–Trinajstić information content (AvgIpc) is 3.12. The predicted molar refractivity (Wildman–Crippen MR) is 143 cm³/mol. The number of halogens is 5. The topological polar surface area (TPSA) is 38.8 Å². The monoisotopic (exact) mass is 611 g/mol. The number of alkyl halides is 3. The van der Waals surface area contributed by atoms with E-state index in [1.54, 1.807) is 30.3 Å². The summed E-state index contributed by atoms with van der Waals surface area (Å²) in [6.07, 6.45) is -2.96. The molecule has 0 saturated carbocycles. The molecule has 0 atom stereocenters. The molecule has 0 unspecified atom stereocenters. The van der Waals surface area contributed by atoms with Crippen LogP contribution >= 0.6 is 39.9 Å². The summed E-state index contributed by atoms with van der Waals surface area (Å²) in [4.78, 5) is 14.4. The van der Waals surface area contributed by atoms with Crippen LogP contribution in [0.25, 0.3) is 6.08 Å². The Bertz CT molecular complexity index is 1380. The van der Waals surface area contributed by atoms with Gasteiger partial charge in [-0.2, -0.15) is 13.2 Å². The molecule has 1 saturated heterocycles. The molecule has 3 aromatic rings. The molecule has 0 aliphatic carbocycles. The van der Waals surface area contributed by atoms with Crippen molar-refractivity contribution in [2.24, 2.45) is 0 Å². The lowest BCUT2D eigenvalue weighted by molar-refractivity contribution is -0.137. The minimum atomic E-state index is -4.55. The summed E-state index contributed by atoms with van der Waals surface area (Å²) in [6.45, 7) is 2.33. The molecule has 1 aliphatic heterocycles. The maximum atomic E-state index is 13.2. The summed E-state index contributed by atoms with van der Waals surface area (Å²) in [6, 6.07) is 13.8. The fourth-order valence-electron chi connectivity index (χ4n) is 3.47. The number of rotatable bonds is 7. The summed E-state index contributed by atoms with van der Waals surface area (Å²) >= 11 is 9.77. The van der Waals surface area contributed by atoms with Crippen molar-refractivity contribution in [2.75, 3.05) is 11.5 Å². The molecule has 1 fully saturated rings. The van der Waals surface area contributed by atoms with Crippen LogP contribution in [0.15, 0.2) is 70.0 Å². The van der Waals surface area contributed by atoms with Crippen molar-refractivity contribution in [2.45, 2.75) is 19.7 Å². The molecule has 0 spiro atoms. The van der Waals surface area contributed by atoms with E-state index < -0.39 is 17.6 Å². The lowest BCUT2D eigenvalue weighted by Gasteiger charge is -2.16. The highest BCUT2D eigenvalue weighted by Crippen LogP contribution is 2.41. The van der Waals surface area contributed by atoms with Gasteiger partial charge in [0, 0.05) is 0 Å². The third kappa shape index (κ3) is 6.34. The van der Waals surface area contributed by atoms with Gasteiger partial charge in [0.2, 0.25) is 0 Å². The Kier molecular flexibility index (Phi) is 8.25. The van der Waals surface area contributed by atoms with Crippen LogP contribution in [-0.2, 0) is 17.6 Å². The molecule has 1 aliphatic rings. The van der Waals surface area contributed by atoms with Crippen LogP contribution < -0.4 is 14.4 Å². The second-order valence-electron chi connectivity index (χ2n) is 7.74. The first-order chi connectivity index (χ1) is 17.6. The summed E-state index contributed by atoms with van der Waals surface area (Å²) in [5.41, 5.74) is 0.526. The smallest absolute Gasteiger partial charge is 0.416 e. The maximum Gasteiger partial charge on any atom is 0.416 e. The van der Waals surface area contributed by atoms with Crippen molar-refractivity contribution < 1.29 is 31.8 Å². The highest BCUT2D eigenvalue weighted by atomic mass is 79.9. The van der Waals surface area contributed by atoms with E-state index in [1.807, 2.05) is 6.92 Å². The van der Waals surface area contributed by atoms with Gasteiger partial charge in [-0.15, -0.1) is 0 Å². The lowest BCUT2D eigenvalue weighted by atomic mass is 10.1. The zero-order valence-corrected chi connectivity index (χ0v) is 22.4. The number of ether oxygens (including phenoxy) is 2.